The predicted octanol–water partition coefficient (Wildman–Crippen LogP) is 4.31. The summed E-state index contributed by atoms with van der Waals surface area (Å²) in [6.45, 7) is 4.13. The van der Waals surface area contributed by atoms with Crippen molar-refractivity contribution in [3.8, 4) is 5.75 Å². The number of non-ortho nitro benzene ring substituents is 1. The zero-order valence-corrected chi connectivity index (χ0v) is 18.4. The first-order valence-corrected chi connectivity index (χ1v) is 10.5. The largest absolute Gasteiger partial charge is 0.507 e. The van der Waals surface area contributed by atoms with Crippen LogP contribution in [0.5, 0.6) is 5.75 Å². The first-order chi connectivity index (χ1) is 16.3. The Labute approximate surface area is 194 Å². The van der Waals surface area contributed by atoms with Gasteiger partial charge < -0.3 is 14.4 Å². The molecule has 0 aliphatic carbocycles. The lowest BCUT2D eigenvalue weighted by atomic mass is 9.95. The van der Waals surface area contributed by atoms with Crippen LogP contribution in [0, 0.1) is 17.0 Å². The van der Waals surface area contributed by atoms with E-state index in [1.807, 2.05) is 6.92 Å². The van der Waals surface area contributed by atoms with Crippen LogP contribution in [0.3, 0.4) is 0 Å². The summed E-state index contributed by atoms with van der Waals surface area (Å²) in [5, 5.41) is 26.3. The molecule has 1 amide bonds. The molecule has 10 heteroatoms. The predicted molar refractivity (Wildman–Crippen MR) is 121 cm³/mol. The van der Waals surface area contributed by atoms with E-state index in [4.69, 9.17) is 9.26 Å². The molecule has 0 radical (unpaired) electrons. The van der Waals surface area contributed by atoms with Gasteiger partial charge in [-0.1, -0.05) is 24.2 Å². The summed E-state index contributed by atoms with van der Waals surface area (Å²) >= 11 is 0. The summed E-state index contributed by atoms with van der Waals surface area (Å²) in [5.74, 6) is -1.25. The molecular weight excluding hydrogens is 442 g/mol. The molecule has 1 fully saturated rings. The molecule has 0 spiro atoms. The van der Waals surface area contributed by atoms with E-state index in [9.17, 15) is 24.8 Å². The van der Waals surface area contributed by atoms with Gasteiger partial charge in [0.05, 0.1) is 23.1 Å². The zero-order valence-electron chi connectivity index (χ0n) is 18.4. The summed E-state index contributed by atoms with van der Waals surface area (Å²) in [7, 11) is 0. The fraction of sp³-hybridized carbons (Fsp3) is 0.208. The molecule has 34 heavy (non-hydrogen) atoms. The van der Waals surface area contributed by atoms with E-state index < -0.39 is 28.4 Å². The summed E-state index contributed by atoms with van der Waals surface area (Å²) in [6, 6.07) is 12.3. The van der Waals surface area contributed by atoms with Gasteiger partial charge in [-0.2, -0.15) is 0 Å². The number of carbonyl (C=O) groups is 2. The van der Waals surface area contributed by atoms with Crippen LogP contribution in [0.1, 0.15) is 36.3 Å². The number of nitrogens with zero attached hydrogens (tertiary/aromatic N) is 3. The summed E-state index contributed by atoms with van der Waals surface area (Å²) < 4.78 is 10.6. The van der Waals surface area contributed by atoms with Gasteiger partial charge in [0.2, 0.25) is 0 Å². The van der Waals surface area contributed by atoms with Gasteiger partial charge in [-0.3, -0.25) is 24.6 Å². The number of nitro benzene ring substituents is 1. The number of Topliss-reactive ketones (excluding diaryl/α,β-unsaturated/α-hetero) is 1. The molecule has 2 heterocycles. The summed E-state index contributed by atoms with van der Waals surface area (Å²) in [6.07, 6.45) is 0.829. The van der Waals surface area contributed by atoms with Crippen molar-refractivity contribution in [1.29, 1.82) is 0 Å². The lowest BCUT2D eigenvalue weighted by Crippen LogP contribution is -2.29. The zero-order chi connectivity index (χ0) is 24.4. The number of benzene rings is 2. The molecule has 10 nitrogen and oxygen atoms in total. The van der Waals surface area contributed by atoms with Gasteiger partial charge in [-0.25, -0.2) is 0 Å². The van der Waals surface area contributed by atoms with Gasteiger partial charge in [0.15, 0.2) is 5.82 Å². The second-order valence-electron chi connectivity index (χ2n) is 7.69. The highest BCUT2D eigenvalue weighted by atomic mass is 16.6. The van der Waals surface area contributed by atoms with Gasteiger partial charge in [-0.05, 0) is 43.2 Å². The minimum Gasteiger partial charge on any atom is -0.507 e. The Morgan fingerprint density at radius 2 is 1.94 bits per heavy atom. The van der Waals surface area contributed by atoms with Crippen LogP contribution in [0.2, 0.25) is 0 Å². The van der Waals surface area contributed by atoms with Crippen LogP contribution < -0.4 is 9.64 Å². The number of aromatic nitrogens is 1. The number of hydrogen-bond donors (Lipinski definition) is 1. The van der Waals surface area contributed by atoms with Crippen molar-refractivity contribution >= 4 is 29.0 Å². The van der Waals surface area contributed by atoms with Crippen LogP contribution >= 0.6 is 0 Å². The van der Waals surface area contributed by atoms with Gasteiger partial charge >= 0.3 is 5.91 Å². The lowest BCUT2D eigenvalue weighted by molar-refractivity contribution is -0.384. The summed E-state index contributed by atoms with van der Waals surface area (Å²) in [4.78, 5) is 38.0. The Balaban J connectivity index is 1.87. The van der Waals surface area contributed by atoms with Crippen molar-refractivity contribution in [2.45, 2.75) is 26.3 Å². The Hall–Kier alpha value is -4.47. The third-order valence-electron chi connectivity index (χ3n) is 5.30. The number of hydrogen-bond acceptors (Lipinski definition) is 8. The van der Waals surface area contributed by atoms with E-state index in [0.29, 0.717) is 18.1 Å². The van der Waals surface area contributed by atoms with E-state index in [1.54, 1.807) is 37.3 Å². The van der Waals surface area contributed by atoms with E-state index in [2.05, 4.69) is 5.16 Å². The third kappa shape index (κ3) is 4.13. The molecule has 3 aromatic rings. The van der Waals surface area contributed by atoms with Gasteiger partial charge in [0.1, 0.15) is 17.3 Å². The first-order valence-electron chi connectivity index (χ1n) is 10.5. The number of carbonyl (C=O) groups excluding carboxylic acids is 2. The SMILES string of the molecule is CCCOc1ccc(C(O)=C2C(=O)C(=O)N(c3cc(C)on3)C2c2cccc([N+](=O)[O-])c2)cc1. The van der Waals surface area contributed by atoms with Crippen LogP contribution in [-0.4, -0.2) is 33.5 Å². The van der Waals surface area contributed by atoms with Crippen molar-refractivity contribution in [3.63, 3.8) is 0 Å². The highest BCUT2D eigenvalue weighted by molar-refractivity contribution is 6.51. The molecule has 1 aromatic heterocycles. The number of aryl methyl sites for hydroxylation is 1. The number of ether oxygens (including phenoxy) is 1. The Kier molecular flexibility index (Phi) is 6.13. The van der Waals surface area contributed by atoms with E-state index in [0.717, 1.165) is 11.3 Å². The lowest BCUT2D eigenvalue weighted by Gasteiger charge is -2.22. The fourth-order valence-corrected chi connectivity index (χ4v) is 3.74. The number of amides is 1. The molecule has 1 aliphatic rings. The number of ketones is 1. The molecule has 1 aliphatic heterocycles. The molecule has 0 bridgehead atoms. The second-order valence-corrected chi connectivity index (χ2v) is 7.69. The molecule has 1 atom stereocenters. The van der Waals surface area contributed by atoms with Crippen LogP contribution in [0.25, 0.3) is 5.76 Å². The quantitative estimate of drug-likeness (QED) is 0.180. The van der Waals surface area contributed by atoms with Gasteiger partial charge in [-0.15, -0.1) is 0 Å². The molecule has 1 saturated heterocycles. The minimum absolute atomic E-state index is 0.0541. The second kappa shape index (κ2) is 9.18. The molecule has 2 aromatic carbocycles. The van der Waals surface area contributed by atoms with Crippen molar-refractivity contribution in [2.24, 2.45) is 0 Å². The van der Waals surface area contributed by atoms with Gasteiger partial charge in [0, 0.05) is 23.8 Å². The normalized spacial score (nSPS) is 17.2. The smallest absolute Gasteiger partial charge is 0.301 e. The summed E-state index contributed by atoms with van der Waals surface area (Å²) in [5.41, 5.74) is 0.109. The van der Waals surface area contributed by atoms with Crippen LogP contribution in [0.15, 0.2) is 64.7 Å². The monoisotopic (exact) mass is 463 g/mol. The van der Waals surface area contributed by atoms with Gasteiger partial charge in [0.25, 0.3) is 11.5 Å². The number of aliphatic hydroxyl groups excluding tert-OH is 1. The maximum absolute atomic E-state index is 13.1. The molecule has 0 saturated carbocycles. The average molecular weight is 463 g/mol. The molecule has 1 unspecified atom stereocenters. The van der Waals surface area contributed by atoms with E-state index >= 15 is 0 Å². The van der Waals surface area contributed by atoms with Crippen molar-refractivity contribution < 1.29 is 28.9 Å². The topological polar surface area (TPSA) is 136 Å². The van der Waals surface area contributed by atoms with Crippen LogP contribution in [0.4, 0.5) is 11.5 Å². The van der Waals surface area contributed by atoms with E-state index in [-0.39, 0.29) is 28.2 Å². The Morgan fingerprint density at radius 1 is 1.21 bits per heavy atom. The standard InChI is InChI=1S/C24H21N3O7/c1-3-11-33-18-9-7-15(8-10-18)22(28)20-21(16-5-4-6-17(13-16)27(31)32)26(24(30)23(20)29)19-12-14(2)34-25-19/h4-10,12-13,21,28H,3,11H2,1-2H3. The number of anilines is 1. The molecule has 174 valence electrons. The third-order valence-corrected chi connectivity index (χ3v) is 5.30. The van der Waals surface area contributed by atoms with Crippen molar-refractivity contribution in [1.82, 2.24) is 5.16 Å². The Morgan fingerprint density at radius 3 is 2.56 bits per heavy atom. The molecule has 4 rings (SSSR count). The average Bonchev–Trinajstić information content (AvgIpc) is 3.38. The highest BCUT2D eigenvalue weighted by Gasteiger charge is 2.48. The maximum atomic E-state index is 13.1. The minimum atomic E-state index is -1.15. The number of aliphatic hydroxyl groups is 1. The van der Waals surface area contributed by atoms with Crippen LogP contribution in [-0.2, 0) is 9.59 Å². The number of nitro groups is 1. The van der Waals surface area contributed by atoms with E-state index in [1.165, 1.54) is 24.3 Å². The van der Waals surface area contributed by atoms with Crippen molar-refractivity contribution in [3.05, 3.63) is 87.2 Å². The fourth-order valence-electron chi connectivity index (χ4n) is 3.74. The van der Waals surface area contributed by atoms with Crippen molar-refractivity contribution in [2.75, 3.05) is 11.5 Å². The Bertz CT molecular complexity index is 1290. The maximum Gasteiger partial charge on any atom is 0.301 e. The number of rotatable bonds is 7. The molecule has 1 N–H and O–H groups in total. The first kappa shape index (κ1) is 22.7. The molecular formula is C24H21N3O7. The highest BCUT2D eigenvalue weighted by Crippen LogP contribution is 2.42.